The summed E-state index contributed by atoms with van der Waals surface area (Å²) in [6.45, 7) is 6.01. The average Bonchev–Trinajstić information content (AvgIpc) is 2.44. The molecule has 1 aromatic carbocycles. The molecule has 1 N–H and O–H groups in total. The van der Waals surface area contributed by atoms with E-state index in [9.17, 15) is 4.79 Å². The Morgan fingerprint density at radius 2 is 1.95 bits per heavy atom. The third-order valence-corrected chi connectivity index (χ3v) is 3.56. The van der Waals surface area contributed by atoms with E-state index >= 15 is 0 Å². The molecule has 0 aliphatic carbocycles. The number of hydrogen-bond donors (Lipinski definition) is 1. The minimum atomic E-state index is -0.544. The van der Waals surface area contributed by atoms with Gasteiger partial charge in [0, 0.05) is 4.47 Å². The number of hydrogen-bond acceptors (Lipinski definition) is 3. The molecule has 0 bridgehead atoms. The second-order valence-electron chi connectivity index (χ2n) is 5.32. The van der Waals surface area contributed by atoms with Gasteiger partial charge in [-0.2, -0.15) is 5.26 Å². The first kappa shape index (κ1) is 17.7. The van der Waals surface area contributed by atoms with Crippen molar-refractivity contribution in [3.05, 3.63) is 34.3 Å². The van der Waals surface area contributed by atoms with Crippen molar-refractivity contribution >= 4 is 21.8 Å². The summed E-state index contributed by atoms with van der Waals surface area (Å²) in [4.78, 5) is 12.1. The van der Waals surface area contributed by atoms with Gasteiger partial charge in [0.15, 0.2) is 0 Å². The van der Waals surface area contributed by atoms with Gasteiger partial charge in [0.25, 0.3) is 0 Å². The maximum Gasteiger partial charge on any atom is 0.249 e. The molecule has 2 atom stereocenters. The Bertz CT molecular complexity index is 494. The van der Waals surface area contributed by atoms with Crippen LogP contribution in [0.4, 0.5) is 0 Å². The molecule has 0 fully saturated rings. The highest BCUT2D eigenvalue weighted by Crippen LogP contribution is 2.23. The Morgan fingerprint density at radius 1 is 1.33 bits per heavy atom. The van der Waals surface area contributed by atoms with E-state index in [0.29, 0.717) is 12.3 Å². The lowest BCUT2D eigenvalue weighted by Crippen LogP contribution is -2.38. The van der Waals surface area contributed by atoms with E-state index in [4.69, 9.17) is 10.00 Å². The maximum absolute atomic E-state index is 12.1. The van der Waals surface area contributed by atoms with E-state index in [-0.39, 0.29) is 18.6 Å². The van der Waals surface area contributed by atoms with Gasteiger partial charge in [0.2, 0.25) is 5.91 Å². The summed E-state index contributed by atoms with van der Waals surface area (Å²) < 4.78 is 6.91. The third-order valence-electron chi connectivity index (χ3n) is 3.03. The zero-order chi connectivity index (χ0) is 15.8. The molecular weight excluding hydrogens is 332 g/mol. The van der Waals surface area contributed by atoms with Crippen LogP contribution in [0.5, 0.6) is 0 Å². The zero-order valence-corrected chi connectivity index (χ0v) is 14.2. The predicted molar refractivity (Wildman–Crippen MR) is 85.5 cm³/mol. The van der Waals surface area contributed by atoms with Crippen molar-refractivity contribution in [2.45, 2.75) is 39.4 Å². The van der Waals surface area contributed by atoms with E-state index in [0.717, 1.165) is 10.0 Å². The number of carbonyl (C=O) groups excluding carboxylic acids is 1. The molecule has 1 aromatic rings. The van der Waals surface area contributed by atoms with E-state index in [1.165, 1.54) is 0 Å². The molecule has 21 heavy (non-hydrogen) atoms. The molecule has 1 rings (SSSR count). The lowest BCUT2D eigenvalue weighted by atomic mass is 10.0. The fraction of sp³-hybridized carbons (Fsp3) is 0.500. The van der Waals surface area contributed by atoms with Crippen LogP contribution in [0, 0.1) is 17.2 Å². The Labute approximate surface area is 134 Å². The van der Waals surface area contributed by atoms with Gasteiger partial charge in [-0.15, -0.1) is 0 Å². The molecule has 0 aliphatic heterocycles. The van der Waals surface area contributed by atoms with Crippen LogP contribution in [0.1, 0.15) is 38.9 Å². The van der Waals surface area contributed by atoms with Gasteiger partial charge in [0.1, 0.15) is 12.6 Å². The molecule has 4 nitrogen and oxygen atoms in total. The van der Waals surface area contributed by atoms with Crippen molar-refractivity contribution in [3.8, 4) is 6.07 Å². The smallest absolute Gasteiger partial charge is 0.249 e. The highest BCUT2D eigenvalue weighted by molar-refractivity contribution is 9.10. The van der Waals surface area contributed by atoms with Crippen LogP contribution in [0.3, 0.4) is 0 Å². The summed E-state index contributed by atoms with van der Waals surface area (Å²) in [6.07, 6.45) is -0.107. The second kappa shape index (κ2) is 8.81. The highest BCUT2D eigenvalue weighted by atomic mass is 79.9. The van der Waals surface area contributed by atoms with Crippen LogP contribution in [-0.2, 0) is 9.53 Å². The summed E-state index contributed by atoms with van der Waals surface area (Å²) in [5, 5.41) is 11.1. The number of ether oxygens (including phenoxy) is 1. The summed E-state index contributed by atoms with van der Waals surface area (Å²) in [5.41, 5.74) is 1.01. The molecule has 0 saturated heterocycles. The lowest BCUT2D eigenvalue weighted by molar-refractivity contribution is -0.137. The molecule has 0 radical (unpaired) electrons. The molecule has 0 heterocycles. The van der Waals surface area contributed by atoms with E-state index in [2.05, 4.69) is 21.2 Å². The normalized spacial score (nSPS) is 13.5. The van der Waals surface area contributed by atoms with Gasteiger partial charge in [-0.25, -0.2) is 0 Å². The van der Waals surface area contributed by atoms with Crippen LogP contribution in [0.15, 0.2) is 28.7 Å². The largest absolute Gasteiger partial charge is 0.361 e. The van der Waals surface area contributed by atoms with Gasteiger partial charge in [-0.3, -0.25) is 4.79 Å². The number of nitrogens with zero attached hydrogens (tertiary/aromatic N) is 1. The standard InChI is InChI=1S/C16H21BrN2O2/c1-11(2)10-15(16(20)19-9-8-18)21-12(3)13-4-6-14(17)7-5-13/h4-7,11-12,15H,9-10H2,1-3H3,(H,19,20). The minimum Gasteiger partial charge on any atom is -0.361 e. The number of carbonyl (C=O) groups is 1. The van der Waals surface area contributed by atoms with Gasteiger partial charge in [-0.1, -0.05) is 41.9 Å². The van der Waals surface area contributed by atoms with Crippen molar-refractivity contribution in [1.29, 1.82) is 5.26 Å². The first-order valence-electron chi connectivity index (χ1n) is 6.99. The number of halogens is 1. The summed E-state index contributed by atoms with van der Waals surface area (Å²) in [6, 6.07) is 9.73. The number of benzene rings is 1. The SMILES string of the molecule is CC(C)CC(OC(C)c1ccc(Br)cc1)C(=O)NCC#N. The van der Waals surface area contributed by atoms with Crippen molar-refractivity contribution < 1.29 is 9.53 Å². The fourth-order valence-corrected chi connectivity index (χ4v) is 2.22. The monoisotopic (exact) mass is 352 g/mol. The number of amides is 1. The first-order chi connectivity index (χ1) is 9.93. The van der Waals surface area contributed by atoms with Crippen LogP contribution in [0.2, 0.25) is 0 Å². The van der Waals surface area contributed by atoms with Gasteiger partial charge in [-0.05, 0) is 37.0 Å². The summed E-state index contributed by atoms with van der Waals surface area (Å²) >= 11 is 3.39. The van der Waals surface area contributed by atoms with Crippen molar-refractivity contribution in [2.75, 3.05) is 6.54 Å². The third kappa shape index (κ3) is 6.28. The molecule has 0 spiro atoms. The molecule has 0 aromatic heterocycles. The van der Waals surface area contributed by atoms with Gasteiger partial charge < -0.3 is 10.1 Å². The molecular formula is C16H21BrN2O2. The van der Waals surface area contributed by atoms with E-state index in [1.54, 1.807) is 0 Å². The van der Waals surface area contributed by atoms with Gasteiger partial charge >= 0.3 is 0 Å². The Morgan fingerprint density at radius 3 is 2.48 bits per heavy atom. The maximum atomic E-state index is 12.1. The zero-order valence-electron chi connectivity index (χ0n) is 12.6. The van der Waals surface area contributed by atoms with Crippen LogP contribution in [-0.4, -0.2) is 18.6 Å². The van der Waals surface area contributed by atoms with Crippen molar-refractivity contribution in [3.63, 3.8) is 0 Å². The van der Waals surface area contributed by atoms with Crippen LogP contribution < -0.4 is 5.32 Å². The van der Waals surface area contributed by atoms with Crippen molar-refractivity contribution in [2.24, 2.45) is 5.92 Å². The molecule has 2 unspecified atom stereocenters. The number of nitrogens with one attached hydrogen (secondary N) is 1. The summed E-state index contributed by atoms with van der Waals surface area (Å²) in [7, 11) is 0. The lowest BCUT2D eigenvalue weighted by Gasteiger charge is -2.23. The highest BCUT2D eigenvalue weighted by Gasteiger charge is 2.23. The fourth-order valence-electron chi connectivity index (χ4n) is 1.95. The Balaban J connectivity index is 2.73. The number of nitriles is 1. The second-order valence-corrected chi connectivity index (χ2v) is 6.24. The van der Waals surface area contributed by atoms with Crippen LogP contribution >= 0.6 is 15.9 Å². The molecule has 1 amide bonds. The number of rotatable bonds is 7. The molecule has 0 aliphatic rings. The van der Waals surface area contributed by atoms with Crippen molar-refractivity contribution in [1.82, 2.24) is 5.32 Å². The van der Waals surface area contributed by atoms with Gasteiger partial charge in [0.05, 0.1) is 12.2 Å². The summed E-state index contributed by atoms with van der Waals surface area (Å²) in [5.74, 6) is 0.106. The van der Waals surface area contributed by atoms with E-state index < -0.39 is 6.10 Å². The topological polar surface area (TPSA) is 62.1 Å². The Kier molecular flexibility index (Phi) is 7.41. The predicted octanol–water partition coefficient (Wildman–Crippen LogP) is 3.58. The van der Waals surface area contributed by atoms with Crippen LogP contribution in [0.25, 0.3) is 0 Å². The minimum absolute atomic E-state index is 0.00343. The molecule has 0 saturated carbocycles. The average molecular weight is 353 g/mol. The molecule has 5 heteroatoms. The molecule has 114 valence electrons. The Hall–Kier alpha value is -1.38. The quantitative estimate of drug-likeness (QED) is 0.762. The first-order valence-corrected chi connectivity index (χ1v) is 7.79. The van der Waals surface area contributed by atoms with E-state index in [1.807, 2.05) is 51.1 Å².